The summed E-state index contributed by atoms with van der Waals surface area (Å²) < 4.78 is 5.83. The van der Waals surface area contributed by atoms with E-state index in [4.69, 9.17) is 4.42 Å². The number of para-hydroxylation sites is 1. The number of aryl methyl sites for hydroxylation is 2. The third-order valence-electron chi connectivity index (χ3n) is 4.59. The van der Waals surface area contributed by atoms with Gasteiger partial charge in [0.1, 0.15) is 5.58 Å². The number of hydrogen-bond acceptors (Lipinski definition) is 5. The van der Waals surface area contributed by atoms with E-state index >= 15 is 0 Å². The van der Waals surface area contributed by atoms with E-state index in [0.717, 1.165) is 39.0 Å². The minimum Gasteiger partial charge on any atom is -0.450 e. The van der Waals surface area contributed by atoms with Crippen LogP contribution in [0, 0.1) is 13.8 Å². The number of carbonyl (C=O) groups excluding carboxylic acids is 2. The second-order valence-corrected chi connectivity index (χ2v) is 7.62. The summed E-state index contributed by atoms with van der Waals surface area (Å²) in [6.07, 6.45) is 0. The van der Waals surface area contributed by atoms with Crippen molar-refractivity contribution in [3.8, 4) is 11.3 Å². The van der Waals surface area contributed by atoms with Crippen LogP contribution in [0.4, 0.5) is 10.8 Å². The number of nitrogens with one attached hydrogen (secondary N) is 2. The average molecular weight is 405 g/mol. The predicted octanol–water partition coefficient (Wildman–Crippen LogP) is 5.38. The number of thiazole rings is 1. The van der Waals surface area contributed by atoms with Gasteiger partial charge in [0.05, 0.1) is 5.69 Å². The summed E-state index contributed by atoms with van der Waals surface area (Å²) in [5.41, 5.74) is 4.90. The maximum Gasteiger partial charge on any atom is 0.293 e. The molecule has 0 atom stereocenters. The number of anilines is 2. The van der Waals surface area contributed by atoms with Crippen molar-refractivity contribution in [1.82, 2.24) is 4.98 Å². The number of furan rings is 1. The molecule has 0 bridgehead atoms. The number of benzene rings is 2. The van der Waals surface area contributed by atoms with Gasteiger partial charge >= 0.3 is 0 Å². The fourth-order valence-electron chi connectivity index (χ4n) is 3.15. The van der Waals surface area contributed by atoms with Gasteiger partial charge in [0.15, 0.2) is 10.9 Å². The van der Waals surface area contributed by atoms with Gasteiger partial charge in [-0.25, -0.2) is 4.98 Å². The number of hydrogen-bond donors (Lipinski definition) is 2. The van der Waals surface area contributed by atoms with Gasteiger partial charge in [-0.15, -0.1) is 11.3 Å². The van der Waals surface area contributed by atoms with Crippen LogP contribution in [-0.2, 0) is 4.79 Å². The maximum atomic E-state index is 12.7. The first-order valence-electron chi connectivity index (χ1n) is 9.06. The molecule has 2 aromatic carbocycles. The third-order valence-corrected chi connectivity index (χ3v) is 5.35. The number of amides is 2. The lowest BCUT2D eigenvalue weighted by Crippen LogP contribution is -2.11. The maximum absolute atomic E-state index is 12.7. The molecule has 4 rings (SSSR count). The first-order valence-corrected chi connectivity index (χ1v) is 9.94. The summed E-state index contributed by atoms with van der Waals surface area (Å²) in [4.78, 5) is 28.3. The Morgan fingerprint density at radius 2 is 1.79 bits per heavy atom. The molecule has 0 aliphatic heterocycles. The molecule has 2 N–H and O–H groups in total. The summed E-state index contributed by atoms with van der Waals surface area (Å²) in [7, 11) is 0. The molecule has 4 aromatic rings. The molecule has 0 aliphatic rings. The molecule has 0 saturated heterocycles. The molecule has 2 aromatic heterocycles. The number of nitrogens with zero attached hydrogens (tertiary/aromatic N) is 1. The molecule has 0 aliphatic carbocycles. The highest BCUT2D eigenvalue weighted by atomic mass is 32.1. The van der Waals surface area contributed by atoms with Crippen LogP contribution < -0.4 is 10.6 Å². The summed E-state index contributed by atoms with van der Waals surface area (Å²) in [5.74, 6) is -0.141. The van der Waals surface area contributed by atoms with Crippen molar-refractivity contribution in [3.63, 3.8) is 0 Å². The third kappa shape index (κ3) is 3.77. The molecule has 0 saturated carbocycles. The number of rotatable bonds is 4. The quantitative estimate of drug-likeness (QED) is 0.477. The average Bonchev–Trinajstić information content (AvgIpc) is 3.28. The summed E-state index contributed by atoms with van der Waals surface area (Å²) >= 11 is 1.34. The minimum absolute atomic E-state index is 0.118. The van der Waals surface area contributed by atoms with Crippen molar-refractivity contribution in [2.45, 2.75) is 20.8 Å². The lowest BCUT2D eigenvalue weighted by atomic mass is 10.1. The van der Waals surface area contributed by atoms with E-state index in [-0.39, 0.29) is 11.8 Å². The summed E-state index contributed by atoms with van der Waals surface area (Å²) in [6.45, 7) is 5.30. The highest BCUT2D eigenvalue weighted by molar-refractivity contribution is 7.14. The zero-order valence-corrected chi connectivity index (χ0v) is 17.0. The number of aromatic nitrogens is 1. The van der Waals surface area contributed by atoms with Gasteiger partial charge in [0.2, 0.25) is 5.91 Å². The summed E-state index contributed by atoms with van der Waals surface area (Å²) in [6, 6.07) is 13.2. The molecule has 6 nitrogen and oxygen atoms in total. The van der Waals surface area contributed by atoms with Gasteiger partial charge < -0.3 is 9.73 Å². The molecule has 0 spiro atoms. The van der Waals surface area contributed by atoms with Crippen LogP contribution in [0.3, 0.4) is 0 Å². The van der Waals surface area contributed by atoms with E-state index in [0.29, 0.717) is 10.9 Å². The zero-order chi connectivity index (χ0) is 20.5. The van der Waals surface area contributed by atoms with Crippen molar-refractivity contribution >= 4 is 44.9 Å². The highest BCUT2D eigenvalue weighted by Gasteiger charge is 2.19. The van der Waals surface area contributed by atoms with Gasteiger partial charge in [-0.3, -0.25) is 14.9 Å². The van der Waals surface area contributed by atoms with Crippen LogP contribution in [0.25, 0.3) is 22.2 Å². The topological polar surface area (TPSA) is 84.2 Å². The van der Waals surface area contributed by atoms with Gasteiger partial charge in [-0.05, 0) is 31.5 Å². The second kappa shape index (κ2) is 7.52. The Labute approximate surface area is 171 Å². The van der Waals surface area contributed by atoms with Crippen LogP contribution in [0.5, 0.6) is 0 Å². The van der Waals surface area contributed by atoms with Crippen molar-refractivity contribution in [1.29, 1.82) is 0 Å². The molecule has 0 radical (unpaired) electrons. The monoisotopic (exact) mass is 405 g/mol. The Balaban J connectivity index is 1.53. The van der Waals surface area contributed by atoms with Crippen LogP contribution in [0.15, 0.2) is 52.3 Å². The summed E-state index contributed by atoms with van der Waals surface area (Å²) in [5, 5.41) is 8.86. The predicted molar refractivity (Wildman–Crippen MR) is 115 cm³/mol. The molecule has 0 fully saturated rings. The first kappa shape index (κ1) is 18.9. The Morgan fingerprint density at radius 3 is 2.48 bits per heavy atom. The Hall–Kier alpha value is -3.45. The molecule has 7 heteroatoms. The van der Waals surface area contributed by atoms with Crippen molar-refractivity contribution < 1.29 is 14.0 Å². The van der Waals surface area contributed by atoms with E-state index in [1.165, 1.54) is 18.3 Å². The zero-order valence-electron chi connectivity index (χ0n) is 16.2. The van der Waals surface area contributed by atoms with Crippen molar-refractivity contribution in [3.05, 3.63) is 64.7 Å². The Kier molecular flexibility index (Phi) is 4.90. The molecule has 29 heavy (non-hydrogen) atoms. The van der Waals surface area contributed by atoms with Crippen LogP contribution in [0.2, 0.25) is 0 Å². The Bertz CT molecular complexity index is 1220. The number of carbonyl (C=O) groups is 2. The standard InChI is InChI=1S/C22H19N3O3S/c1-12-5-4-6-17-13(2)20(28-19(12)17)21(27)25-22-24-18(11-29-22)15-7-9-16(10-8-15)23-14(3)26/h4-11H,1-3H3,(H,23,26)(H,24,25,27). The lowest BCUT2D eigenvalue weighted by Gasteiger charge is -2.03. The van der Waals surface area contributed by atoms with E-state index in [2.05, 4.69) is 15.6 Å². The van der Waals surface area contributed by atoms with Crippen LogP contribution >= 0.6 is 11.3 Å². The molecule has 146 valence electrons. The Morgan fingerprint density at radius 1 is 1.03 bits per heavy atom. The minimum atomic E-state index is -0.319. The van der Waals surface area contributed by atoms with E-state index in [9.17, 15) is 9.59 Å². The second-order valence-electron chi connectivity index (χ2n) is 6.76. The lowest BCUT2D eigenvalue weighted by molar-refractivity contribution is -0.114. The molecule has 2 heterocycles. The fourth-order valence-corrected chi connectivity index (χ4v) is 3.86. The van der Waals surface area contributed by atoms with E-state index in [1.54, 1.807) is 0 Å². The molecular weight excluding hydrogens is 386 g/mol. The smallest absolute Gasteiger partial charge is 0.293 e. The van der Waals surface area contributed by atoms with Crippen molar-refractivity contribution in [2.24, 2.45) is 0 Å². The van der Waals surface area contributed by atoms with Crippen LogP contribution in [0.1, 0.15) is 28.6 Å². The van der Waals surface area contributed by atoms with Gasteiger partial charge in [0.25, 0.3) is 5.91 Å². The van der Waals surface area contributed by atoms with Gasteiger partial charge in [0, 0.05) is 34.5 Å². The fraction of sp³-hybridized carbons (Fsp3) is 0.136. The normalized spacial score (nSPS) is 10.9. The molecule has 2 amide bonds. The van der Waals surface area contributed by atoms with Gasteiger partial charge in [-0.1, -0.05) is 30.3 Å². The van der Waals surface area contributed by atoms with E-state index < -0.39 is 0 Å². The largest absolute Gasteiger partial charge is 0.450 e. The molecular formula is C22H19N3O3S. The number of fused-ring (bicyclic) bond motifs is 1. The van der Waals surface area contributed by atoms with Crippen LogP contribution in [-0.4, -0.2) is 16.8 Å². The highest BCUT2D eigenvalue weighted by Crippen LogP contribution is 2.30. The van der Waals surface area contributed by atoms with Gasteiger partial charge in [-0.2, -0.15) is 0 Å². The SMILES string of the molecule is CC(=O)Nc1ccc(-c2csc(NC(=O)c3oc4c(C)cccc4c3C)n2)cc1. The molecule has 0 unspecified atom stereocenters. The first-order chi connectivity index (χ1) is 13.9. The van der Waals surface area contributed by atoms with E-state index in [1.807, 2.05) is 61.7 Å². The van der Waals surface area contributed by atoms with Crippen molar-refractivity contribution in [2.75, 3.05) is 10.6 Å².